The van der Waals surface area contributed by atoms with Crippen molar-refractivity contribution in [2.75, 3.05) is 27.2 Å². The zero-order valence-corrected chi connectivity index (χ0v) is 24.4. The number of nitrogens with zero attached hydrogens (tertiary/aromatic N) is 2. The highest BCUT2D eigenvalue weighted by Crippen LogP contribution is 2.66. The lowest BCUT2D eigenvalue weighted by molar-refractivity contribution is -0.950. The molecule has 2 aliphatic heterocycles. The van der Waals surface area contributed by atoms with Crippen molar-refractivity contribution in [2.24, 2.45) is 5.92 Å². The fourth-order valence-corrected chi connectivity index (χ4v) is 8.98. The van der Waals surface area contributed by atoms with Gasteiger partial charge in [-0.25, -0.2) is 0 Å². The van der Waals surface area contributed by atoms with Crippen LogP contribution in [-0.4, -0.2) is 76.5 Å². The van der Waals surface area contributed by atoms with Crippen LogP contribution in [0, 0.1) is 38.5 Å². The number of rotatable bonds is 3. The van der Waals surface area contributed by atoms with Gasteiger partial charge in [0.05, 0.1) is 31.6 Å². The number of aryl methyl sites for hydroxylation is 1. The van der Waals surface area contributed by atoms with E-state index in [0.29, 0.717) is 18.6 Å². The molecule has 210 valence electrons. The number of aliphatic hydroxyl groups is 1. The van der Waals surface area contributed by atoms with E-state index in [-0.39, 0.29) is 23.7 Å². The normalized spacial score (nSPS) is 34.8. The van der Waals surface area contributed by atoms with E-state index in [9.17, 15) is 15.0 Å². The summed E-state index contributed by atoms with van der Waals surface area (Å²) in [6.07, 6.45) is 4.98. The zero-order chi connectivity index (χ0) is 28.2. The molecule has 2 aromatic carbocycles. The minimum atomic E-state index is -0.950. The van der Waals surface area contributed by atoms with Crippen LogP contribution >= 0.6 is 0 Å². The minimum Gasteiger partial charge on any atom is -0.504 e. The van der Waals surface area contributed by atoms with Crippen molar-refractivity contribution < 1.29 is 24.2 Å². The van der Waals surface area contributed by atoms with Crippen molar-refractivity contribution in [3.05, 3.63) is 57.6 Å². The molecular weight excluding hydrogens is 500 g/mol. The summed E-state index contributed by atoms with van der Waals surface area (Å²) in [5.41, 5.74) is 4.97. The number of benzene rings is 2. The summed E-state index contributed by atoms with van der Waals surface area (Å²) >= 11 is 0. The van der Waals surface area contributed by atoms with Crippen molar-refractivity contribution in [2.45, 2.75) is 88.5 Å². The Morgan fingerprint density at radius 2 is 1.90 bits per heavy atom. The van der Waals surface area contributed by atoms with Crippen molar-refractivity contribution in [1.29, 1.82) is 0 Å². The number of phenolic OH excluding ortho intramolecular Hbond substituents is 1. The van der Waals surface area contributed by atoms with Gasteiger partial charge in [0.25, 0.3) is 5.91 Å². The van der Waals surface area contributed by atoms with Crippen molar-refractivity contribution in [1.82, 2.24) is 4.90 Å². The van der Waals surface area contributed by atoms with Crippen LogP contribution in [0.4, 0.5) is 0 Å². The fourth-order valence-electron chi connectivity index (χ4n) is 8.98. The maximum absolute atomic E-state index is 13.5. The average molecular weight is 542 g/mol. The van der Waals surface area contributed by atoms with Crippen LogP contribution in [0.25, 0.3) is 0 Å². The molecule has 5 aliphatic rings. The van der Waals surface area contributed by atoms with E-state index in [4.69, 9.17) is 4.74 Å². The van der Waals surface area contributed by atoms with Gasteiger partial charge in [-0.3, -0.25) is 4.79 Å². The van der Waals surface area contributed by atoms with Crippen LogP contribution < -0.4 is 4.74 Å². The Morgan fingerprint density at radius 3 is 2.65 bits per heavy atom. The summed E-state index contributed by atoms with van der Waals surface area (Å²) in [4.78, 5) is 15.3. The predicted octanol–water partition coefficient (Wildman–Crippen LogP) is 3.90. The summed E-state index contributed by atoms with van der Waals surface area (Å²) in [7, 11) is 4.16. The number of likely N-dealkylation sites (N-methyl/N-ethyl adjacent to an activating group) is 2. The van der Waals surface area contributed by atoms with Gasteiger partial charge in [0.15, 0.2) is 11.5 Å². The number of ether oxygens (including phenoxy) is 1. The molecule has 3 aliphatic carbocycles. The van der Waals surface area contributed by atoms with E-state index >= 15 is 0 Å². The number of carbonyl (C=O) groups is 1. The summed E-state index contributed by atoms with van der Waals surface area (Å²) in [6.45, 7) is 8.30. The van der Waals surface area contributed by atoms with Crippen molar-refractivity contribution >= 4 is 5.91 Å². The first-order chi connectivity index (χ1) is 19.0. The number of quaternary nitrogens is 1. The number of hydrogen-bond donors (Lipinski definition) is 2. The Kier molecular flexibility index (Phi) is 5.51. The number of hydrogen-bond acceptors (Lipinski definition) is 4. The van der Waals surface area contributed by atoms with Crippen LogP contribution in [0.5, 0.6) is 11.5 Å². The maximum atomic E-state index is 13.5. The van der Waals surface area contributed by atoms with Crippen LogP contribution in [-0.2, 0) is 16.6 Å². The molecule has 3 fully saturated rings. The molecule has 40 heavy (non-hydrogen) atoms. The molecule has 6 atom stereocenters. The van der Waals surface area contributed by atoms with E-state index in [1.807, 2.05) is 32.2 Å². The summed E-state index contributed by atoms with van der Waals surface area (Å²) < 4.78 is 7.57. The van der Waals surface area contributed by atoms with Gasteiger partial charge in [0.2, 0.25) is 0 Å². The SMILES string of the molecule is Cc1ccc(C#CC(=O)N(C)[C@H]2CC[C@@]3(O)[C@@H]4Cc5ccc(O)c6c5[C@@]3(CC[N+]4(C)CC3CC3)[C@H]2O6)c(C)c1C. The Bertz CT molecular complexity index is 1500. The second-order valence-corrected chi connectivity index (χ2v) is 13.6. The molecule has 0 aromatic heterocycles. The third-order valence-corrected chi connectivity index (χ3v) is 11.6. The lowest BCUT2D eigenvalue weighted by atomic mass is 9.47. The number of phenols is 1. The van der Waals surface area contributed by atoms with Gasteiger partial charge >= 0.3 is 0 Å². The molecule has 1 saturated heterocycles. The average Bonchev–Trinajstić information content (AvgIpc) is 3.66. The van der Waals surface area contributed by atoms with Crippen molar-refractivity contribution in [3.63, 3.8) is 0 Å². The monoisotopic (exact) mass is 541 g/mol. The van der Waals surface area contributed by atoms with E-state index in [1.54, 1.807) is 11.0 Å². The summed E-state index contributed by atoms with van der Waals surface area (Å²) in [6, 6.07) is 7.64. The summed E-state index contributed by atoms with van der Waals surface area (Å²) in [5, 5.41) is 23.8. The lowest BCUT2D eigenvalue weighted by Gasteiger charge is -2.66. The second-order valence-electron chi connectivity index (χ2n) is 13.6. The second kappa shape index (κ2) is 8.50. The molecule has 6 nitrogen and oxygen atoms in total. The highest BCUT2D eigenvalue weighted by Gasteiger charge is 2.76. The van der Waals surface area contributed by atoms with E-state index in [0.717, 1.165) is 53.0 Å². The quantitative estimate of drug-likeness (QED) is 0.457. The Balaban J connectivity index is 1.26. The van der Waals surface area contributed by atoms with E-state index in [2.05, 4.69) is 32.7 Å². The Hall–Kier alpha value is -3.01. The standard InChI is InChI=1S/C34H40N2O4/c1-20-6-9-24(22(3)21(20)2)11-13-29(38)35(4)26-14-15-34(39)28-18-25-10-12-27(37)31-30(25)33(34,32(26)40-31)16-17-36(28,5)19-23-7-8-23/h6,9-10,12,23,26,28,32,39H,7-8,14-19H2,1-5H3/p+1/t26-,28-,32-,33-,34+,36?/m0/s1. The lowest BCUT2D eigenvalue weighted by Crippen LogP contribution is -2.82. The fraction of sp³-hybridized carbons (Fsp3) is 0.559. The first kappa shape index (κ1) is 25.9. The largest absolute Gasteiger partial charge is 0.504 e. The molecule has 1 amide bonds. The van der Waals surface area contributed by atoms with Crippen LogP contribution in [0.3, 0.4) is 0 Å². The Labute approximate surface area is 237 Å². The predicted molar refractivity (Wildman–Crippen MR) is 153 cm³/mol. The smallest absolute Gasteiger partial charge is 0.298 e. The number of likely N-dealkylation sites (tertiary alicyclic amines) is 1. The molecule has 2 N–H and O–H groups in total. The number of carbonyl (C=O) groups excluding carboxylic acids is 1. The van der Waals surface area contributed by atoms with Crippen LogP contribution in [0.15, 0.2) is 24.3 Å². The molecule has 0 radical (unpaired) electrons. The van der Waals surface area contributed by atoms with Crippen LogP contribution in [0.1, 0.15) is 65.5 Å². The van der Waals surface area contributed by atoms with E-state index in [1.165, 1.54) is 29.5 Å². The molecule has 1 unspecified atom stereocenters. The first-order valence-corrected chi connectivity index (χ1v) is 14.9. The van der Waals surface area contributed by atoms with Gasteiger partial charge in [-0.15, -0.1) is 0 Å². The molecule has 6 heteroatoms. The first-order valence-electron chi connectivity index (χ1n) is 14.9. The van der Waals surface area contributed by atoms with Gasteiger partial charge in [0, 0.05) is 42.9 Å². The molecular formula is C34H41N2O4+. The number of amides is 1. The zero-order valence-electron chi connectivity index (χ0n) is 24.4. The third-order valence-electron chi connectivity index (χ3n) is 11.6. The highest BCUT2D eigenvalue weighted by atomic mass is 16.5. The molecule has 1 spiro atoms. The number of aromatic hydroxyl groups is 1. The van der Waals surface area contributed by atoms with Gasteiger partial charge in [0.1, 0.15) is 17.7 Å². The third kappa shape index (κ3) is 3.34. The topological polar surface area (TPSA) is 70.0 Å². The van der Waals surface area contributed by atoms with Crippen LogP contribution in [0.2, 0.25) is 0 Å². The molecule has 2 heterocycles. The van der Waals surface area contributed by atoms with Crippen molar-refractivity contribution in [3.8, 4) is 23.3 Å². The van der Waals surface area contributed by atoms with Gasteiger partial charge in [-0.1, -0.05) is 18.1 Å². The maximum Gasteiger partial charge on any atom is 0.298 e. The minimum absolute atomic E-state index is 0.0745. The molecule has 2 bridgehead atoms. The summed E-state index contributed by atoms with van der Waals surface area (Å²) in [5.74, 6) is 7.19. The van der Waals surface area contributed by atoms with E-state index < -0.39 is 17.1 Å². The van der Waals surface area contributed by atoms with Gasteiger partial charge in [-0.05, 0) is 80.8 Å². The van der Waals surface area contributed by atoms with Gasteiger partial charge < -0.3 is 24.3 Å². The molecule has 2 aromatic rings. The highest BCUT2D eigenvalue weighted by molar-refractivity contribution is 5.94. The Morgan fingerprint density at radius 1 is 1.12 bits per heavy atom. The van der Waals surface area contributed by atoms with Gasteiger partial charge in [-0.2, -0.15) is 0 Å². The molecule has 7 rings (SSSR count). The number of piperidine rings is 1. The molecule has 2 saturated carbocycles.